The summed E-state index contributed by atoms with van der Waals surface area (Å²) in [5.74, 6) is 1.02. The molecular weight excluding hydrogens is 386 g/mol. The smallest absolute Gasteiger partial charge is 0.303 e. The highest BCUT2D eigenvalue weighted by molar-refractivity contribution is 7.99. The molecule has 0 bridgehead atoms. The molecule has 0 unspecified atom stereocenters. The molecule has 0 saturated carbocycles. The summed E-state index contributed by atoms with van der Waals surface area (Å²) in [5.41, 5.74) is 0.645. The number of hydrogen-bond acceptors (Lipinski definition) is 4. The summed E-state index contributed by atoms with van der Waals surface area (Å²) in [7, 11) is 0. The van der Waals surface area contributed by atoms with Crippen molar-refractivity contribution in [2.75, 3.05) is 17.7 Å². The number of carbonyl (C=O) groups is 2. The summed E-state index contributed by atoms with van der Waals surface area (Å²) in [6.07, 6.45) is 9.36. The van der Waals surface area contributed by atoms with Gasteiger partial charge in [-0.05, 0) is 42.4 Å². The first-order valence-electron chi connectivity index (χ1n) is 10.8. The molecule has 0 aliphatic rings. The van der Waals surface area contributed by atoms with Crippen LogP contribution in [0.2, 0.25) is 0 Å². The van der Waals surface area contributed by atoms with Crippen molar-refractivity contribution < 1.29 is 19.4 Å². The van der Waals surface area contributed by atoms with Gasteiger partial charge in [-0.25, -0.2) is 0 Å². The van der Waals surface area contributed by atoms with E-state index in [0.717, 1.165) is 18.1 Å². The minimum atomic E-state index is -0.833. The quantitative estimate of drug-likeness (QED) is 0.295. The first kappa shape index (κ1) is 25.3. The van der Waals surface area contributed by atoms with Crippen LogP contribution in [0.25, 0.3) is 0 Å². The average Bonchev–Trinajstić information content (AvgIpc) is 2.67. The summed E-state index contributed by atoms with van der Waals surface area (Å²) in [6, 6.07) is 7.28. The molecule has 0 radical (unpaired) electrons. The van der Waals surface area contributed by atoms with Crippen molar-refractivity contribution in [3.05, 3.63) is 24.3 Å². The molecule has 0 aliphatic heterocycles. The summed E-state index contributed by atoms with van der Waals surface area (Å²) >= 11 is 2.04. The molecule has 5 nitrogen and oxygen atoms in total. The van der Waals surface area contributed by atoms with Crippen LogP contribution in [0.15, 0.2) is 24.3 Å². The number of amides is 1. The van der Waals surface area contributed by atoms with Crippen molar-refractivity contribution in [3.63, 3.8) is 0 Å². The number of benzene rings is 1. The fourth-order valence-corrected chi connectivity index (χ4v) is 3.75. The van der Waals surface area contributed by atoms with E-state index in [9.17, 15) is 9.59 Å². The lowest BCUT2D eigenvalue weighted by atomic mass is 10.1. The Morgan fingerprint density at radius 2 is 1.62 bits per heavy atom. The van der Waals surface area contributed by atoms with Gasteiger partial charge in [0.15, 0.2) is 0 Å². The van der Waals surface area contributed by atoms with Crippen molar-refractivity contribution in [3.8, 4) is 5.75 Å². The van der Waals surface area contributed by atoms with Gasteiger partial charge in [-0.2, -0.15) is 11.8 Å². The number of thioether (sulfide) groups is 1. The maximum Gasteiger partial charge on any atom is 0.303 e. The number of nitrogens with one attached hydrogen (secondary N) is 1. The predicted molar refractivity (Wildman–Crippen MR) is 122 cm³/mol. The van der Waals surface area contributed by atoms with Gasteiger partial charge in [0.2, 0.25) is 5.91 Å². The van der Waals surface area contributed by atoms with Crippen LogP contribution >= 0.6 is 11.8 Å². The molecule has 0 fully saturated rings. The second-order valence-corrected chi connectivity index (χ2v) is 9.22. The lowest BCUT2D eigenvalue weighted by Gasteiger charge is -2.12. The van der Waals surface area contributed by atoms with Gasteiger partial charge in [0, 0.05) is 12.8 Å². The van der Waals surface area contributed by atoms with Gasteiger partial charge in [-0.3, -0.25) is 9.59 Å². The maximum atomic E-state index is 12.2. The van der Waals surface area contributed by atoms with E-state index in [4.69, 9.17) is 9.84 Å². The van der Waals surface area contributed by atoms with Crippen LogP contribution in [0, 0.1) is 0 Å². The summed E-state index contributed by atoms with van der Waals surface area (Å²) in [6.45, 7) is 4.80. The normalized spacial score (nSPS) is 10.9. The van der Waals surface area contributed by atoms with Gasteiger partial charge in [0.25, 0.3) is 0 Å². The zero-order valence-electron chi connectivity index (χ0n) is 18.0. The second-order valence-electron chi connectivity index (χ2n) is 7.53. The Labute approximate surface area is 180 Å². The van der Waals surface area contributed by atoms with E-state index in [1.54, 1.807) is 6.07 Å². The number of ether oxygens (including phenoxy) is 1. The van der Waals surface area contributed by atoms with Crippen molar-refractivity contribution in [1.82, 2.24) is 0 Å². The van der Waals surface area contributed by atoms with Crippen LogP contribution < -0.4 is 10.1 Å². The fourth-order valence-electron chi connectivity index (χ4n) is 2.90. The van der Waals surface area contributed by atoms with Crippen molar-refractivity contribution >= 4 is 29.3 Å². The number of carboxylic acid groups (broad SMARTS) is 1. The molecule has 164 valence electrons. The minimum Gasteiger partial charge on any atom is -0.491 e. The van der Waals surface area contributed by atoms with E-state index in [0.29, 0.717) is 30.9 Å². The third-order valence-corrected chi connectivity index (χ3v) is 5.64. The van der Waals surface area contributed by atoms with Gasteiger partial charge in [-0.1, -0.05) is 58.1 Å². The van der Waals surface area contributed by atoms with Crippen LogP contribution in [0.5, 0.6) is 5.75 Å². The molecule has 0 aromatic heterocycles. The topological polar surface area (TPSA) is 75.6 Å². The summed E-state index contributed by atoms with van der Waals surface area (Å²) in [4.78, 5) is 22.8. The Kier molecular flexibility index (Phi) is 14.1. The van der Waals surface area contributed by atoms with Crippen LogP contribution in [0.3, 0.4) is 0 Å². The van der Waals surface area contributed by atoms with E-state index < -0.39 is 5.97 Å². The standard InChI is InChI=1S/C23H37NO4S/c1-19(2)29-18-11-7-5-3-4-6-8-15-22(25)24-20-13-9-10-14-21(20)28-17-12-16-23(26)27/h9-10,13-14,19H,3-8,11-12,15-18H2,1-2H3,(H,24,25)(H,26,27). The highest BCUT2D eigenvalue weighted by atomic mass is 32.2. The molecule has 29 heavy (non-hydrogen) atoms. The zero-order chi connectivity index (χ0) is 21.3. The largest absolute Gasteiger partial charge is 0.491 e. The van der Waals surface area contributed by atoms with Crippen LogP contribution in [-0.4, -0.2) is 34.6 Å². The van der Waals surface area contributed by atoms with Crippen LogP contribution in [0.1, 0.15) is 78.1 Å². The van der Waals surface area contributed by atoms with Crippen molar-refractivity contribution in [2.45, 2.75) is 83.3 Å². The van der Waals surface area contributed by atoms with E-state index in [1.165, 1.54) is 37.9 Å². The zero-order valence-corrected chi connectivity index (χ0v) is 18.8. The first-order chi connectivity index (χ1) is 14.0. The first-order valence-corrected chi connectivity index (χ1v) is 11.9. The highest BCUT2D eigenvalue weighted by Gasteiger charge is 2.08. The Bertz CT molecular complexity index is 592. The lowest BCUT2D eigenvalue weighted by Crippen LogP contribution is -2.12. The highest BCUT2D eigenvalue weighted by Crippen LogP contribution is 2.24. The number of anilines is 1. The predicted octanol–water partition coefficient (Wildman–Crippen LogP) is 6.13. The van der Waals surface area contributed by atoms with E-state index >= 15 is 0 Å². The molecule has 1 aromatic rings. The summed E-state index contributed by atoms with van der Waals surface area (Å²) < 4.78 is 5.62. The molecule has 0 heterocycles. The SMILES string of the molecule is CC(C)SCCCCCCCCCC(=O)Nc1ccccc1OCCCC(=O)O. The number of rotatable bonds is 17. The van der Waals surface area contributed by atoms with Crippen LogP contribution in [-0.2, 0) is 9.59 Å². The van der Waals surface area contributed by atoms with Gasteiger partial charge in [-0.15, -0.1) is 0 Å². The molecule has 0 aliphatic carbocycles. The average molecular weight is 424 g/mol. The molecule has 1 amide bonds. The van der Waals surface area contributed by atoms with Gasteiger partial charge < -0.3 is 15.2 Å². The monoisotopic (exact) mass is 423 g/mol. The molecule has 2 N–H and O–H groups in total. The molecular formula is C23H37NO4S. The Morgan fingerprint density at radius 3 is 2.31 bits per heavy atom. The van der Waals surface area contributed by atoms with Crippen LogP contribution in [0.4, 0.5) is 5.69 Å². The van der Waals surface area contributed by atoms with Gasteiger partial charge >= 0.3 is 5.97 Å². The molecule has 6 heteroatoms. The molecule has 0 saturated heterocycles. The van der Waals surface area contributed by atoms with Crippen molar-refractivity contribution in [2.24, 2.45) is 0 Å². The third kappa shape index (κ3) is 14.0. The minimum absolute atomic E-state index is 0.00250. The second kappa shape index (κ2) is 16.1. The molecule has 1 aromatic carbocycles. The molecule has 1 rings (SSSR count). The number of para-hydroxylation sites is 2. The maximum absolute atomic E-state index is 12.2. The Balaban J connectivity index is 2.13. The van der Waals surface area contributed by atoms with E-state index in [1.807, 2.05) is 30.0 Å². The molecule has 0 atom stereocenters. The Hall–Kier alpha value is -1.69. The number of hydrogen-bond donors (Lipinski definition) is 2. The Morgan fingerprint density at radius 1 is 0.966 bits per heavy atom. The summed E-state index contributed by atoms with van der Waals surface area (Å²) in [5, 5.41) is 12.3. The van der Waals surface area contributed by atoms with E-state index in [2.05, 4.69) is 19.2 Å². The van der Waals surface area contributed by atoms with Gasteiger partial charge in [0.1, 0.15) is 5.75 Å². The number of unbranched alkanes of at least 4 members (excludes halogenated alkanes) is 6. The number of aliphatic carboxylic acids is 1. The molecule has 0 spiro atoms. The number of carbonyl (C=O) groups excluding carboxylic acids is 1. The third-order valence-electron chi connectivity index (χ3n) is 4.45. The fraction of sp³-hybridized carbons (Fsp3) is 0.652. The van der Waals surface area contributed by atoms with Crippen molar-refractivity contribution in [1.29, 1.82) is 0 Å². The van der Waals surface area contributed by atoms with Gasteiger partial charge in [0.05, 0.1) is 12.3 Å². The van der Waals surface area contributed by atoms with E-state index in [-0.39, 0.29) is 12.3 Å². The lowest BCUT2D eigenvalue weighted by molar-refractivity contribution is -0.137. The number of carboxylic acids is 1.